The number of unbranched alkanes of at least 4 members (excludes halogenated alkanes) is 20. The molecule has 0 unspecified atom stereocenters. The first-order valence-electron chi connectivity index (χ1n) is 15.1. The summed E-state index contributed by atoms with van der Waals surface area (Å²) in [4.78, 5) is -1.61. The van der Waals surface area contributed by atoms with E-state index >= 15 is 0 Å². The van der Waals surface area contributed by atoms with Crippen molar-refractivity contribution in [2.24, 2.45) is 0 Å². The van der Waals surface area contributed by atoms with Crippen molar-refractivity contribution in [1.82, 2.24) is 0 Å². The molecule has 0 bridgehead atoms. The fraction of sp³-hybridized carbons (Fsp3) is 0.800. The number of nitrogens with one attached hydrogen (secondary N) is 2. The van der Waals surface area contributed by atoms with Gasteiger partial charge in [-0.3, -0.25) is 0 Å². The molecule has 0 aromatic heterocycles. The molecule has 0 amide bonds. The summed E-state index contributed by atoms with van der Waals surface area (Å²) in [5, 5.41) is 5.88. The molecule has 0 radical (unpaired) electrons. The van der Waals surface area contributed by atoms with Gasteiger partial charge < -0.3 is 15.2 Å². The van der Waals surface area contributed by atoms with Crippen molar-refractivity contribution in [2.75, 3.05) is 10.6 Å². The van der Waals surface area contributed by atoms with Crippen LogP contribution in [-0.2, 0) is 10.1 Å². The van der Waals surface area contributed by atoms with Gasteiger partial charge in [0, 0.05) is 6.42 Å². The van der Waals surface area contributed by atoms with E-state index in [1.54, 1.807) is 12.1 Å². The molecule has 0 saturated heterocycles. The number of hydrogen-bond donors (Lipinski definition) is 2. The zero-order valence-corrected chi connectivity index (χ0v) is 26.8. The molecule has 1 aliphatic heterocycles. The van der Waals surface area contributed by atoms with Gasteiger partial charge in [0.1, 0.15) is 10.1 Å². The second kappa shape index (κ2) is 20.6. The van der Waals surface area contributed by atoms with Crippen LogP contribution in [0.25, 0.3) is 0 Å². The maximum atomic E-state index is 12.0. The van der Waals surface area contributed by atoms with Crippen molar-refractivity contribution in [3.8, 4) is 0 Å². The maximum Gasteiger partial charge on any atom is 1.00 e. The van der Waals surface area contributed by atoms with E-state index in [-0.39, 0.29) is 36.0 Å². The maximum absolute atomic E-state index is 12.0. The largest absolute Gasteiger partial charge is 1.00 e. The smallest absolute Gasteiger partial charge is 0.745 e. The predicted octanol–water partition coefficient (Wildman–Crippen LogP) is 6.33. The van der Waals surface area contributed by atoms with Crippen LogP contribution < -0.4 is 40.2 Å². The molecule has 0 spiro atoms. The summed E-state index contributed by atoms with van der Waals surface area (Å²) in [6.07, 6.45) is 27.9. The Morgan fingerprint density at radius 1 is 0.595 bits per heavy atom. The Morgan fingerprint density at radius 3 is 1.19 bits per heavy atom. The van der Waals surface area contributed by atoms with Crippen molar-refractivity contribution < 1.29 is 42.5 Å². The zero-order chi connectivity index (χ0) is 26.0. The third-order valence-corrected chi connectivity index (χ3v) is 8.92. The average Bonchev–Trinajstić information content (AvgIpc) is 3.25. The summed E-state index contributed by atoms with van der Waals surface area (Å²) < 4.78 is 36.0. The monoisotopic (exact) mass is 544 g/mol. The van der Waals surface area contributed by atoms with Crippen LogP contribution in [0.4, 0.5) is 11.4 Å². The topological polar surface area (TPSA) is 81.3 Å². The van der Waals surface area contributed by atoms with E-state index in [2.05, 4.69) is 17.6 Å². The van der Waals surface area contributed by atoms with Crippen LogP contribution in [0.2, 0.25) is 0 Å². The minimum absolute atomic E-state index is 0. The molecule has 1 heterocycles. The van der Waals surface area contributed by atoms with Gasteiger partial charge in [0.05, 0.1) is 11.4 Å². The van der Waals surface area contributed by atoms with E-state index in [0.717, 1.165) is 12.8 Å². The number of benzene rings is 1. The third-order valence-electron chi connectivity index (χ3n) is 7.66. The van der Waals surface area contributed by atoms with Crippen LogP contribution in [0, 0.1) is 0 Å². The van der Waals surface area contributed by atoms with Gasteiger partial charge in [0.25, 0.3) is 0 Å². The fourth-order valence-electron chi connectivity index (χ4n) is 5.35. The molecule has 7 heteroatoms. The SMILES string of the molecule is CCCCCCCCCCCCCCCCCCCCCCCC1(S(=O)(=O)[O-])Nc2ccccc2N1.[Na+]. The normalized spacial score (nSPS) is 14.0. The summed E-state index contributed by atoms with van der Waals surface area (Å²) in [7, 11) is -4.53. The number of para-hydroxylation sites is 2. The fourth-order valence-corrected chi connectivity index (χ4v) is 6.21. The molecular formula is C30H53N2NaO3S. The number of anilines is 2. The first-order chi connectivity index (χ1) is 17.5. The van der Waals surface area contributed by atoms with Gasteiger partial charge in [-0.1, -0.05) is 147 Å². The van der Waals surface area contributed by atoms with Crippen molar-refractivity contribution in [3.63, 3.8) is 0 Å². The van der Waals surface area contributed by atoms with Crippen molar-refractivity contribution in [1.29, 1.82) is 0 Å². The van der Waals surface area contributed by atoms with Crippen LogP contribution in [0.1, 0.15) is 148 Å². The molecule has 1 aromatic carbocycles. The molecule has 2 N–H and O–H groups in total. The summed E-state index contributed by atoms with van der Waals surface area (Å²) >= 11 is 0. The van der Waals surface area contributed by atoms with E-state index in [0.29, 0.717) is 17.8 Å². The number of hydrogen-bond acceptors (Lipinski definition) is 5. The molecule has 2 rings (SSSR count). The first kappa shape index (κ1) is 34.8. The number of fused-ring (bicyclic) bond motifs is 1. The summed E-state index contributed by atoms with van der Waals surface area (Å²) in [6.45, 7) is 2.28. The van der Waals surface area contributed by atoms with E-state index < -0.39 is 15.1 Å². The summed E-state index contributed by atoms with van der Waals surface area (Å²) in [6, 6.07) is 7.26. The molecular weight excluding hydrogens is 491 g/mol. The minimum atomic E-state index is -4.53. The summed E-state index contributed by atoms with van der Waals surface area (Å²) in [5.74, 6) is 0. The molecule has 0 atom stereocenters. The molecule has 37 heavy (non-hydrogen) atoms. The Kier molecular flexibility index (Phi) is 19.4. The van der Waals surface area contributed by atoms with Crippen LogP contribution >= 0.6 is 0 Å². The molecule has 1 aromatic rings. The van der Waals surface area contributed by atoms with Gasteiger partial charge in [-0.15, -0.1) is 0 Å². The third kappa shape index (κ3) is 14.1. The van der Waals surface area contributed by atoms with Crippen molar-refractivity contribution >= 4 is 21.5 Å². The minimum Gasteiger partial charge on any atom is -0.745 e. The van der Waals surface area contributed by atoms with E-state index in [4.69, 9.17) is 0 Å². The van der Waals surface area contributed by atoms with Gasteiger partial charge >= 0.3 is 29.6 Å². The molecule has 208 valence electrons. The van der Waals surface area contributed by atoms with Crippen LogP contribution in [0.3, 0.4) is 0 Å². The quantitative estimate of drug-likeness (QED) is 0.0956. The Bertz CT molecular complexity index is 779. The Hall–Kier alpha value is -0.270. The van der Waals surface area contributed by atoms with E-state index in [1.165, 1.54) is 116 Å². The van der Waals surface area contributed by atoms with Gasteiger partial charge in [-0.05, 0) is 18.6 Å². The predicted molar refractivity (Wildman–Crippen MR) is 153 cm³/mol. The van der Waals surface area contributed by atoms with Crippen LogP contribution in [0.15, 0.2) is 24.3 Å². The van der Waals surface area contributed by atoms with Gasteiger partial charge in [-0.2, -0.15) is 0 Å². The Balaban J connectivity index is 0.00000684. The molecule has 0 aliphatic carbocycles. The van der Waals surface area contributed by atoms with E-state index in [1.807, 2.05) is 12.1 Å². The molecule has 5 nitrogen and oxygen atoms in total. The second-order valence-electron chi connectivity index (χ2n) is 10.9. The summed E-state index contributed by atoms with van der Waals surface area (Å²) in [5.41, 5.74) is 1.36. The Labute approximate surface area is 250 Å². The Morgan fingerprint density at radius 2 is 0.892 bits per heavy atom. The molecule has 1 aliphatic rings. The zero-order valence-electron chi connectivity index (χ0n) is 24.0. The number of rotatable bonds is 23. The van der Waals surface area contributed by atoms with Crippen LogP contribution in [-0.4, -0.2) is 18.0 Å². The van der Waals surface area contributed by atoms with E-state index in [9.17, 15) is 13.0 Å². The van der Waals surface area contributed by atoms with Crippen LogP contribution in [0.5, 0.6) is 0 Å². The van der Waals surface area contributed by atoms with Gasteiger partial charge in [0.15, 0.2) is 0 Å². The molecule has 0 fully saturated rings. The van der Waals surface area contributed by atoms with Crippen molar-refractivity contribution in [2.45, 2.75) is 153 Å². The average molecular weight is 545 g/mol. The second-order valence-corrected chi connectivity index (χ2v) is 12.5. The standard InChI is InChI=1S/C30H54N2O3S.Na/c1-2-3-4-5-6-7-8-9-10-11-12-13-14-15-16-17-18-19-20-21-24-27-30(36(33,34)35)31-28-25-22-23-26-29(28)32-30;/h22-23,25-26,31-32H,2-21,24,27H2,1H3,(H,33,34,35);/q;+1/p-1. The van der Waals surface area contributed by atoms with Gasteiger partial charge in [-0.25, -0.2) is 8.42 Å². The first-order valence-corrected chi connectivity index (χ1v) is 16.5. The van der Waals surface area contributed by atoms with Crippen molar-refractivity contribution in [3.05, 3.63) is 24.3 Å². The van der Waals surface area contributed by atoms with Gasteiger partial charge in [0.2, 0.25) is 4.99 Å². The molecule has 0 saturated carbocycles.